The van der Waals surface area contributed by atoms with Crippen LogP contribution in [-0.4, -0.2) is 42.2 Å². The summed E-state index contributed by atoms with van der Waals surface area (Å²) in [6, 6.07) is 13.5. The van der Waals surface area contributed by atoms with Crippen molar-refractivity contribution in [2.75, 3.05) is 30.5 Å². The van der Waals surface area contributed by atoms with Gasteiger partial charge < -0.3 is 19.9 Å². The van der Waals surface area contributed by atoms with Gasteiger partial charge in [0, 0.05) is 5.69 Å². The number of ether oxygens (including phenoxy) is 2. The molecule has 2 N–H and O–H groups in total. The summed E-state index contributed by atoms with van der Waals surface area (Å²) in [6.07, 6.45) is 0.793. The average molecular weight is 375 g/mol. The van der Waals surface area contributed by atoms with E-state index >= 15 is 0 Å². The molecule has 0 aromatic heterocycles. The molecule has 2 rings (SSSR count). The van der Waals surface area contributed by atoms with Crippen molar-refractivity contribution >= 4 is 29.3 Å². The van der Waals surface area contributed by atoms with E-state index < -0.39 is 5.97 Å². The second-order valence-corrected chi connectivity index (χ2v) is 6.47. The highest BCUT2D eigenvalue weighted by atomic mass is 32.2. The monoisotopic (exact) mass is 375 g/mol. The van der Waals surface area contributed by atoms with Gasteiger partial charge in [0.15, 0.2) is 0 Å². The van der Waals surface area contributed by atoms with Crippen molar-refractivity contribution in [3.8, 4) is 11.5 Å². The standard InChI is InChI=1S/C19H21NO5S/c1-24-16-9-5-15(6-10-16)20-18(21)13-26-12-2-11-25-17-7-3-14(4-8-17)19(22)23/h3-10H,2,11-13H2,1H3,(H,20,21)(H,22,23). The summed E-state index contributed by atoms with van der Waals surface area (Å²) >= 11 is 1.54. The molecule has 0 atom stereocenters. The Kier molecular flexibility index (Phi) is 7.82. The number of thioether (sulfide) groups is 1. The molecule has 0 heterocycles. The predicted molar refractivity (Wildman–Crippen MR) is 102 cm³/mol. The van der Waals surface area contributed by atoms with E-state index in [1.165, 1.54) is 23.9 Å². The molecule has 0 bridgehead atoms. The highest BCUT2D eigenvalue weighted by Gasteiger charge is 2.04. The molecule has 2 aromatic rings. The number of hydrogen-bond acceptors (Lipinski definition) is 5. The maximum Gasteiger partial charge on any atom is 0.335 e. The minimum absolute atomic E-state index is 0.0506. The number of methoxy groups -OCH3 is 1. The van der Waals surface area contributed by atoms with Crippen molar-refractivity contribution in [2.45, 2.75) is 6.42 Å². The quantitative estimate of drug-likeness (QED) is 0.618. The molecule has 0 aliphatic carbocycles. The van der Waals surface area contributed by atoms with Crippen LogP contribution >= 0.6 is 11.8 Å². The van der Waals surface area contributed by atoms with E-state index in [1.807, 2.05) is 0 Å². The van der Waals surface area contributed by atoms with Crippen molar-refractivity contribution in [1.82, 2.24) is 0 Å². The van der Waals surface area contributed by atoms with E-state index in [4.69, 9.17) is 14.6 Å². The predicted octanol–water partition coefficient (Wildman–Crippen LogP) is 3.53. The van der Waals surface area contributed by atoms with Crippen LogP contribution in [0.5, 0.6) is 11.5 Å². The Morgan fingerprint density at radius 1 is 1.04 bits per heavy atom. The van der Waals surface area contributed by atoms with Crippen molar-refractivity contribution in [3.63, 3.8) is 0 Å². The normalized spacial score (nSPS) is 10.2. The molecule has 0 radical (unpaired) electrons. The third kappa shape index (κ3) is 6.68. The Morgan fingerprint density at radius 3 is 2.31 bits per heavy atom. The van der Waals surface area contributed by atoms with Crippen LogP contribution in [0.2, 0.25) is 0 Å². The van der Waals surface area contributed by atoms with Crippen molar-refractivity contribution < 1.29 is 24.2 Å². The van der Waals surface area contributed by atoms with Crippen molar-refractivity contribution in [1.29, 1.82) is 0 Å². The summed E-state index contributed by atoms with van der Waals surface area (Å²) in [5, 5.41) is 11.7. The fourth-order valence-corrected chi connectivity index (χ4v) is 2.80. The highest BCUT2D eigenvalue weighted by Crippen LogP contribution is 2.16. The van der Waals surface area contributed by atoms with Crippen LogP contribution < -0.4 is 14.8 Å². The molecule has 0 spiro atoms. The second kappa shape index (κ2) is 10.4. The van der Waals surface area contributed by atoms with E-state index in [0.29, 0.717) is 18.1 Å². The number of carbonyl (C=O) groups is 2. The summed E-state index contributed by atoms with van der Waals surface area (Å²) in [4.78, 5) is 22.6. The van der Waals surface area contributed by atoms with Crippen LogP contribution in [0, 0.1) is 0 Å². The minimum atomic E-state index is -0.958. The number of carboxylic acid groups (broad SMARTS) is 1. The maximum absolute atomic E-state index is 11.9. The zero-order chi connectivity index (χ0) is 18.8. The van der Waals surface area contributed by atoms with Crippen LogP contribution in [0.15, 0.2) is 48.5 Å². The number of nitrogens with one attached hydrogen (secondary N) is 1. The Morgan fingerprint density at radius 2 is 1.69 bits per heavy atom. The van der Waals surface area contributed by atoms with Crippen molar-refractivity contribution in [3.05, 3.63) is 54.1 Å². The molecule has 1 amide bonds. The van der Waals surface area contributed by atoms with Gasteiger partial charge in [0.1, 0.15) is 11.5 Å². The van der Waals surface area contributed by atoms with E-state index in [9.17, 15) is 9.59 Å². The number of aromatic carboxylic acids is 1. The van der Waals surface area contributed by atoms with Crippen molar-refractivity contribution in [2.24, 2.45) is 0 Å². The molecule has 0 saturated carbocycles. The summed E-state index contributed by atoms with van der Waals surface area (Å²) in [6.45, 7) is 0.513. The third-order valence-corrected chi connectivity index (χ3v) is 4.45. The molecule has 0 aliphatic rings. The van der Waals surface area contributed by atoms with Gasteiger partial charge in [-0.2, -0.15) is 11.8 Å². The number of hydrogen-bond donors (Lipinski definition) is 2. The van der Waals surface area contributed by atoms with Crippen LogP contribution in [0.3, 0.4) is 0 Å². The number of rotatable bonds is 10. The SMILES string of the molecule is COc1ccc(NC(=O)CSCCCOc2ccc(C(=O)O)cc2)cc1. The number of carbonyl (C=O) groups excluding carboxylic acids is 1. The molecule has 0 unspecified atom stereocenters. The zero-order valence-electron chi connectivity index (χ0n) is 14.4. The van der Waals surface area contributed by atoms with Gasteiger partial charge in [-0.05, 0) is 60.7 Å². The Balaban J connectivity index is 1.58. The Hall–Kier alpha value is -2.67. The van der Waals surface area contributed by atoms with Crippen LogP contribution in [0.4, 0.5) is 5.69 Å². The van der Waals surface area contributed by atoms with Gasteiger partial charge in [-0.1, -0.05) is 0 Å². The van der Waals surface area contributed by atoms with Gasteiger partial charge >= 0.3 is 5.97 Å². The van der Waals surface area contributed by atoms with E-state index in [1.54, 1.807) is 43.5 Å². The number of carboxylic acids is 1. The van der Waals surface area contributed by atoms with Gasteiger partial charge in [-0.3, -0.25) is 4.79 Å². The molecule has 138 valence electrons. The first-order valence-corrected chi connectivity index (χ1v) is 9.22. The fourth-order valence-electron chi connectivity index (χ4n) is 2.08. The van der Waals surface area contributed by atoms with Gasteiger partial charge in [0.25, 0.3) is 0 Å². The summed E-state index contributed by atoms with van der Waals surface area (Å²) in [5.41, 5.74) is 0.973. The number of benzene rings is 2. The molecule has 7 heteroatoms. The van der Waals surface area contributed by atoms with Crippen LogP contribution in [0.1, 0.15) is 16.8 Å². The first kappa shape index (κ1) is 19.7. The van der Waals surface area contributed by atoms with Gasteiger partial charge in [-0.15, -0.1) is 0 Å². The molecule has 6 nitrogen and oxygen atoms in total. The maximum atomic E-state index is 11.9. The smallest absolute Gasteiger partial charge is 0.335 e. The molecule has 0 saturated heterocycles. The molecule has 26 heavy (non-hydrogen) atoms. The first-order valence-electron chi connectivity index (χ1n) is 8.06. The number of anilines is 1. The fraction of sp³-hybridized carbons (Fsp3) is 0.263. The molecular formula is C19H21NO5S. The largest absolute Gasteiger partial charge is 0.497 e. The average Bonchev–Trinajstić information content (AvgIpc) is 2.65. The van der Waals surface area contributed by atoms with E-state index in [-0.39, 0.29) is 11.5 Å². The lowest BCUT2D eigenvalue weighted by atomic mass is 10.2. The highest BCUT2D eigenvalue weighted by molar-refractivity contribution is 7.99. The van der Waals surface area contributed by atoms with Gasteiger partial charge in [0.2, 0.25) is 5.91 Å². The second-order valence-electron chi connectivity index (χ2n) is 5.36. The molecule has 0 aliphatic heterocycles. The topological polar surface area (TPSA) is 84.9 Å². The van der Waals surface area contributed by atoms with Crippen LogP contribution in [-0.2, 0) is 4.79 Å². The van der Waals surface area contributed by atoms with E-state index in [0.717, 1.165) is 23.6 Å². The molecular weight excluding hydrogens is 354 g/mol. The summed E-state index contributed by atoms with van der Waals surface area (Å²) in [5.74, 6) is 1.54. The van der Waals surface area contributed by atoms with Gasteiger partial charge in [0.05, 0.1) is 25.0 Å². The minimum Gasteiger partial charge on any atom is -0.497 e. The molecule has 0 fully saturated rings. The van der Waals surface area contributed by atoms with Crippen LogP contribution in [0.25, 0.3) is 0 Å². The lowest BCUT2D eigenvalue weighted by molar-refractivity contribution is -0.113. The Labute approximate surface area is 156 Å². The summed E-state index contributed by atoms with van der Waals surface area (Å²) in [7, 11) is 1.60. The first-order chi connectivity index (χ1) is 12.6. The number of amides is 1. The Bertz CT molecular complexity index is 716. The zero-order valence-corrected chi connectivity index (χ0v) is 15.3. The lowest BCUT2D eigenvalue weighted by Gasteiger charge is -2.07. The lowest BCUT2D eigenvalue weighted by Crippen LogP contribution is -2.14. The third-order valence-electron chi connectivity index (χ3n) is 3.41. The molecule has 2 aromatic carbocycles. The summed E-state index contributed by atoms with van der Waals surface area (Å²) < 4.78 is 10.6. The van der Waals surface area contributed by atoms with E-state index in [2.05, 4.69) is 5.32 Å². The van der Waals surface area contributed by atoms with Gasteiger partial charge in [-0.25, -0.2) is 4.79 Å².